The number of carbonyl (C=O) groups is 4. The minimum Gasteiger partial charge on any atom is -0.480 e. The second kappa shape index (κ2) is 15.2. The van der Waals surface area contributed by atoms with Crippen LogP contribution in [0.4, 0.5) is 0 Å². The molecule has 0 bridgehead atoms. The van der Waals surface area contributed by atoms with Gasteiger partial charge in [-0.3, -0.25) is 14.4 Å². The molecular formula is C28H39N7O5S. The van der Waals surface area contributed by atoms with Crippen molar-refractivity contribution in [2.75, 3.05) is 12.0 Å². The van der Waals surface area contributed by atoms with Gasteiger partial charge >= 0.3 is 5.97 Å². The summed E-state index contributed by atoms with van der Waals surface area (Å²) in [6.45, 7) is 3.71. The lowest BCUT2D eigenvalue weighted by Gasteiger charge is -2.25. The normalized spacial score (nSPS) is 14.3. The SMILES string of the molecule is CSCCC(N)C(=O)NC(Cc1c[nH]c2ccccc12)C(=O)NC(Cc1cnc[nH]1)C(=O)NC(CC(C)C)C(=O)O. The summed E-state index contributed by atoms with van der Waals surface area (Å²) >= 11 is 1.56. The average molecular weight is 586 g/mol. The van der Waals surface area contributed by atoms with Crippen LogP contribution in [0.1, 0.15) is 37.9 Å². The van der Waals surface area contributed by atoms with Gasteiger partial charge in [-0.05, 0) is 42.4 Å². The molecule has 0 aliphatic heterocycles. The summed E-state index contributed by atoms with van der Waals surface area (Å²) in [5, 5.41) is 18.6. The molecule has 2 heterocycles. The third-order valence-corrected chi connectivity index (χ3v) is 7.28. The van der Waals surface area contributed by atoms with Crippen molar-refractivity contribution in [2.24, 2.45) is 11.7 Å². The maximum absolute atomic E-state index is 13.7. The van der Waals surface area contributed by atoms with Gasteiger partial charge < -0.3 is 36.8 Å². The molecule has 0 aliphatic carbocycles. The van der Waals surface area contributed by atoms with E-state index in [2.05, 4.69) is 30.9 Å². The summed E-state index contributed by atoms with van der Waals surface area (Å²) < 4.78 is 0. The molecule has 12 nitrogen and oxygen atoms in total. The average Bonchev–Trinajstić information content (AvgIpc) is 3.60. The van der Waals surface area contributed by atoms with E-state index < -0.39 is 47.9 Å². The van der Waals surface area contributed by atoms with Crippen molar-refractivity contribution in [1.29, 1.82) is 0 Å². The molecule has 13 heteroatoms. The molecule has 41 heavy (non-hydrogen) atoms. The number of H-pyrrole nitrogens is 2. The van der Waals surface area contributed by atoms with Crippen molar-refractivity contribution in [2.45, 2.75) is 63.7 Å². The Morgan fingerprint density at radius 2 is 1.63 bits per heavy atom. The second-order valence-corrected chi connectivity index (χ2v) is 11.4. The number of nitrogens with two attached hydrogens (primary N) is 1. The number of hydrogen-bond donors (Lipinski definition) is 7. The van der Waals surface area contributed by atoms with Gasteiger partial charge in [0.15, 0.2) is 0 Å². The molecule has 4 atom stereocenters. The first kappa shape index (κ1) is 31.7. The zero-order chi connectivity index (χ0) is 29.9. The fraction of sp³-hybridized carbons (Fsp3) is 0.464. The largest absolute Gasteiger partial charge is 0.480 e. The molecule has 0 saturated heterocycles. The minimum atomic E-state index is -1.16. The van der Waals surface area contributed by atoms with Crippen LogP contribution >= 0.6 is 11.8 Å². The number of nitrogens with zero attached hydrogens (tertiary/aromatic N) is 1. The highest BCUT2D eigenvalue weighted by atomic mass is 32.2. The van der Waals surface area contributed by atoms with Gasteiger partial charge in [-0.2, -0.15) is 11.8 Å². The van der Waals surface area contributed by atoms with Crippen LogP contribution in [0.15, 0.2) is 43.0 Å². The fourth-order valence-electron chi connectivity index (χ4n) is 4.45. The predicted octanol–water partition coefficient (Wildman–Crippen LogP) is 1.34. The molecular weight excluding hydrogens is 546 g/mol. The smallest absolute Gasteiger partial charge is 0.326 e. The number of aromatic amines is 2. The molecule has 2 aromatic heterocycles. The number of rotatable bonds is 16. The first-order valence-electron chi connectivity index (χ1n) is 13.5. The molecule has 3 amide bonds. The molecule has 4 unspecified atom stereocenters. The Bertz CT molecular complexity index is 1310. The molecule has 0 fully saturated rings. The number of aliphatic carboxylic acids is 1. The number of para-hydroxylation sites is 1. The summed E-state index contributed by atoms with van der Waals surface area (Å²) in [5.74, 6) is -2.20. The number of nitrogens with one attached hydrogen (secondary N) is 5. The van der Waals surface area contributed by atoms with Gasteiger partial charge in [0.1, 0.15) is 18.1 Å². The van der Waals surface area contributed by atoms with Crippen molar-refractivity contribution in [3.8, 4) is 0 Å². The van der Waals surface area contributed by atoms with Crippen LogP contribution < -0.4 is 21.7 Å². The summed E-state index contributed by atoms with van der Waals surface area (Å²) in [4.78, 5) is 61.9. The summed E-state index contributed by atoms with van der Waals surface area (Å²) in [7, 11) is 0. The number of amides is 3. The van der Waals surface area contributed by atoms with Crippen LogP contribution in [0.3, 0.4) is 0 Å². The highest BCUT2D eigenvalue weighted by molar-refractivity contribution is 7.98. The van der Waals surface area contributed by atoms with E-state index in [0.29, 0.717) is 17.9 Å². The van der Waals surface area contributed by atoms with Gasteiger partial charge in [-0.1, -0.05) is 32.0 Å². The molecule has 1 aromatic carbocycles. The van der Waals surface area contributed by atoms with Crippen LogP contribution in [0, 0.1) is 5.92 Å². The van der Waals surface area contributed by atoms with E-state index in [-0.39, 0.29) is 25.2 Å². The summed E-state index contributed by atoms with van der Waals surface area (Å²) in [6.07, 6.45) is 7.49. The summed E-state index contributed by atoms with van der Waals surface area (Å²) in [6, 6.07) is 3.48. The van der Waals surface area contributed by atoms with Gasteiger partial charge in [-0.25, -0.2) is 9.78 Å². The van der Waals surface area contributed by atoms with Gasteiger partial charge in [0.05, 0.1) is 12.4 Å². The topological polar surface area (TPSA) is 195 Å². The van der Waals surface area contributed by atoms with E-state index in [1.165, 1.54) is 12.5 Å². The lowest BCUT2D eigenvalue weighted by atomic mass is 10.0. The maximum atomic E-state index is 13.7. The van der Waals surface area contributed by atoms with Crippen LogP contribution in [0.25, 0.3) is 10.9 Å². The van der Waals surface area contributed by atoms with E-state index in [9.17, 15) is 24.3 Å². The molecule has 0 saturated carbocycles. The zero-order valence-electron chi connectivity index (χ0n) is 23.5. The van der Waals surface area contributed by atoms with E-state index in [4.69, 9.17) is 5.73 Å². The molecule has 0 aliphatic rings. The molecule has 222 valence electrons. The minimum absolute atomic E-state index is 0.0168. The van der Waals surface area contributed by atoms with Crippen molar-refractivity contribution in [3.63, 3.8) is 0 Å². The number of aromatic nitrogens is 3. The number of carboxylic acids is 1. The molecule has 3 aromatic rings. The maximum Gasteiger partial charge on any atom is 0.326 e. The number of carboxylic acid groups (broad SMARTS) is 1. The first-order chi connectivity index (χ1) is 19.6. The third kappa shape index (κ3) is 9.35. The highest BCUT2D eigenvalue weighted by Gasteiger charge is 2.31. The zero-order valence-corrected chi connectivity index (χ0v) is 24.3. The van der Waals surface area contributed by atoms with Crippen LogP contribution in [0.2, 0.25) is 0 Å². The lowest BCUT2D eigenvalue weighted by molar-refractivity contribution is -0.142. The Morgan fingerprint density at radius 3 is 2.27 bits per heavy atom. The number of benzene rings is 1. The van der Waals surface area contributed by atoms with Crippen LogP contribution in [0.5, 0.6) is 0 Å². The van der Waals surface area contributed by atoms with Gasteiger partial charge in [-0.15, -0.1) is 0 Å². The number of imidazole rings is 1. The number of carbonyl (C=O) groups excluding carboxylic acids is 3. The van der Waals surface area contributed by atoms with Crippen molar-refractivity contribution >= 4 is 46.4 Å². The fourth-order valence-corrected chi connectivity index (χ4v) is 4.94. The second-order valence-electron chi connectivity index (χ2n) is 10.4. The number of fused-ring (bicyclic) bond motifs is 1. The number of hydrogen-bond acceptors (Lipinski definition) is 7. The lowest BCUT2D eigenvalue weighted by Crippen LogP contribution is -2.58. The first-order valence-corrected chi connectivity index (χ1v) is 14.9. The Morgan fingerprint density at radius 1 is 0.976 bits per heavy atom. The Hall–Kier alpha value is -3.84. The molecule has 0 spiro atoms. The van der Waals surface area contributed by atoms with Crippen LogP contribution in [-0.4, -0.2) is 79.9 Å². The molecule has 8 N–H and O–H groups in total. The Labute approximate surface area is 243 Å². The Kier molecular flexibility index (Phi) is 11.8. The highest BCUT2D eigenvalue weighted by Crippen LogP contribution is 2.19. The molecule has 3 rings (SSSR count). The standard InChI is InChI=1S/C28H39N7O5S/c1-16(2)10-24(28(39)40)35-27(38)23(12-18-14-30-15-32-18)34-26(37)22(33-25(36)20(29)8-9-41-3)11-17-13-31-21-7-5-4-6-19(17)21/h4-7,13-16,20,22-24,31H,8-12,29H2,1-3H3,(H,30,32)(H,33,36)(H,34,37)(H,35,38)(H,39,40). The summed E-state index contributed by atoms with van der Waals surface area (Å²) in [5.41, 5.74) is 8.33. The van der Waals surface area contributed by atoms with Crippen molar-refractivity contribution in [1.82, 2.24) is 30.9 Å². The van der Waals surface area contributed by atoms with E-state index in [1.54, 1.807) is 18.0 Å². The molecule has 0 radical (unpaired) electrons. The van der Waals surface area contributed by atoms with E-state index in [1.807, 2.05) is 44.4 Å². The van der Waals surface area contributed by atoms with Gasteiger partial charge in [0, 0.05) is 41.8 Å². The monoisotopic (exact) mass is 585 g/mol. The third-order valence-electron chi connectivity index (χ3n) is 6.64. The number of thioether (sulfide) groups is 1. The predicted molar refractivity (Wildman–Crippen MR) is 158 cm³/mol. The van der Waals surface area contributed by atoms with Gasteiger partial charge in [0.25, 0.3) is 0 Å². The van der Waals surface area contributed by atoms with E-state index >= 15 is 0 Å². The van der Waals surface area contributed by atoms with Crippen molar-refractivity contribution < 1.29 is 24.3 Å². The quantitative estimate of drug-likeness (QED) is 0.131. The van der Waals surface area contributed by atoms with E-state index in [0.717, 1.165) is 16.5 Å². The Balaban J connectivity index is 1.85. The van der Waals surface area contributed by atoms with Crippen LogP contribution in [-0.2, 0) is 32.0 Å². The van der Waals surface area contributed by atoms with Gasteiger partial charge in [0.2, 0.25) is 17.7 Å². The van der Waals surface area contributed by atoms with Crippen molar-refractivity contribution in [3.05, 3.63) is 54.2 Å².